The monoisotopic (exact) mass is 991 g/mol. The molecule has 9 heteroatoms. The molecule has 0 rings (SSSR count). The van der Waals surface area contributed by atoms with Crippen LogP contribution in [0.1, 0.15) is 277 Å². The number of aliphatic hydroxyl groups is 1. The highest BCUT2D eigenvalue weighted by atomic mass is 31.2. The largest absolute Gasteiger partial charge is 0.756 e. The average molecular weight is 992 g/mol. The fraction of sp³-hybridized carbons (Fsp3) is 0.850. The van der Waals surface area contributed by atoms with Gasteiger partial charge >= 0.3 is 0 Å². The maximum atomic E-state index is 12.9. The summed E-state index contributed by atoms with van der Waals surface area (Å²) in [7, 11) is 1.24. The molecule has 0 bridgehead atoms. The first-order chi connectivity index (χ1) is 33.5. The number of nitrogens with zero attached hydrogens (tertiary/aromatic N) is 1. The van der Waals surface area contributed by atoms with Gasteiger partial charge in [0.2, 0.25) is 5.91 Å². The lowest BCUT2D eigenvalue weighted by atomic mass is 10.0. The minimum Gasteiger partial charge on any atom is -0.756 e. The average Bonchev–Trinajstić information content (AvgIpc) is 3.31. The normalized spacial score (nSPS) is 14.2. The molecule has 3 unspecified atom stereocenters. The molecule has 406 valence electrons. The fourth-order valence-corrected chi connectivity index (χ4v) is 9.34. The van der Waals surface area contributed by atoms with Gasteiger partial charge in [0.05, 0.1) is 39.9 Å². The molecule has 0 aliphatic heterocycles. The van der Waals surface area contributed by atoms with Gasteiger partial charge in [-0.2, -0.15) is 0 Å². The molecule has 3 atom stereocenters. The molecule has 8 nitrogen and oxygen atoms in total. The zero-order valence-electron chi connectivity index (χ0n) is 46.3. The lowest BCUT2D eigenvalue weighted by molar-refractivity contribution is -0.870. The zero-order valence-corrected chi connectivity index (χ0v) is 47.2. The Morgan fingerprint density at radius 2 is 0.855 bits per heavy atom. The van der Waals surface area contributed by atoms with E-state index in [0.717, 1.165) is 64.2 Å². The number of hydrogen-bond donors (Lipinski definition) is 2. The second kappa shape index (κ2) is 51.4. The minimum absolute atomic E-state index is 0.0101. The number of likely N-dealkylation sites (N-methyl/N-ethyl adjacent to an activating group) is 1. The Hall–Kier alpha value is -1.54. The second-order valence-corrected chi connectivity index (χ2v) is 22.8. The molecule has 0 aromatic heterocycles. The number of hydrogen-bond acceptors (Lipinski definition) is 6. The predicted octanol–water partition coefficient (Wildman–Crippen LogP) is 17.3. The number of carbonyl (C=O) groups excluding carboxylic acids is 1. The molecule has 0 aromatic rings. The van der Waals surface area contributed by atoms with Gasteiger partial charge in [-0.05, 0) is 64.2 Å². The summed E-state index contributed by atoms with van der Waals surface area (Å²) in [6.45, 7) is 4.62. The van der Waals surface area contributed by atoms with Crippen molar-refractivity contribution in [2.75, 3.05) is 40.9 Å². The van der Waals surface area contributed by atoms with Crippen LogP contribution in [0.5, 0.6) is 0 Å². The van der Waals surface area contributed by atoms with Gasteiger partial charge in [0, 0.05) is 6.42 Å². The molecule has 2 N–H and O–H groups in total. The number of quaternary nitrogens is 1. The zero-order chi connectivity index (χ0) is 50.6. The molecule has 0 aliphatic carbocycles. The molecule has 0 aliphatic rings. The predicted molar refractivity (Wildman–Crippen MR) is 298 cm³/mol. The molecule has 0 heterocycles. The number of phosphoric ester groups is 1. The van der Waals surface area contributed by atoms with E-state index in [0.29, 0.717) is 17.4 Å². The van der Waals surface area contributed by atoms with Crippen LogP contribution in [0.2, 0.25) is 0 Å². The van der Waals surface area contributed by atoms with Crippen LogP contribution in [0.3, 0.4) is 0 Å². The minimum atomic E-state index is -4.61. The van der Waals surface area contributed by atoms with E-state index in [2.05, 4.69) is 55.6 Å². The molecule has 0 fully saturated rings. The number of rotatable bonds is 54. The van der Waals surface area contributed by atoms with E-state index in [-0.39, 0.29) is 12.5 Å². The van der Waals surface area contributed by atoms with Crippen molar-refractivity contribution in [1.29, 1.82) is 0 Å². The number of phosphoric acid groups is 1. The van der Waals surface area contributed by atoms with Gasteiger partial charge < -0.3 is 28.8 Å². The van der Waals surface area contributed by atoms with Crippen LogP contribution in [0.15, 0.2) is 48.6 Å². The van der Waals surface area contributed by atoms with Crippen molar-refractivity contribution in [1.82, 2.24) is 5.32 Å². The van der Waals surface area contributed by atoms with E-state index >= 15 is 0 Å². The Morgan fingerprint density at radius 3 is 1.28 bits per heavy atom. The maximum absolute atomic E-state index is 12.9. The summed E-state index contributed by atoms with van der Waals surface area (Å²) in [6, 6.07) is -0.912. The van der Waals surface area contributed by atoms with Gasteiger partial charge in [-0.25, -0.2) is 0 Å². The number of unbranched alkanes of at least 4 members (excludes halogenated alkanes) is 35. The first-order valence-electron chi connectivity index (χ1n) is 29.5. The Balaban J connectivity index is 4.16. The van der Waals surface area contributed by atoms with Crippen LogP contribution in [-0.2, 0) is 18.4 Å². The van der Waals surface area contributed by atoms with Gasteiger partial charge in [-0.3, -0.25) is 9.36 Å². The number of amides is 1. The summed E-state index contributed by atoms with van der Waals surface area (Å²) >= 11 is 0. The van der Waals surface area contributed by atoms with Crippen LogP contribution in [-0.4, -0.2) is 68.5 Å². The lowest BCUT2D eigenvalue weighted by Crippen LogP contribution is -2.45. The lowest BCUT2D eigenvalue weighted by Gasteiger charge is -2.29. The van der Waals surface area contributed by atoms with Gasteiger partial charge in [-0.15, -0.1) is 0 Å². The Kier molecular flexibility index (Phi) is 50.2. The molecule has 0 spiro atoms. The molecule has 69 heavy (non-hydrogen) atoms. The first-order valence-corrected chi connectivity index (χ1v) is 31.0. The summed E-state index contributed by atoms with van der Waals surface area (Å²) in [5.41, 5.74) is 0. The van der Waals surface area contributed by atoms with Crippen molar-refractivity contribution in [3.63, 3.8) is 0 Å². The van der Waals surface area contributed by atoms with Crippen molar-refractivity contribution >= 4 is 13.7 Å². The highest BCUT2D eigenvalue weighted by molar-refractivity contribution is 7.45. The molecular weight excluding hydrogens is 876 g/mol. The van der Waals surface area contributed by atoms with E-state index < -0.39 is 26.6 Å². The van der Waals surface area contributed by atoms with Gasteiger partial charge in [0.15, 0.2) is 0 Å². The fourth-order valence-electron chi connectivity index (χ4n) is 8.61. The highest BCUT2D eigenvalue weighted by Gasteiger charge is 2.23. The van der Waals surface area contributed by atoms with Crippen molar-refractivity contribution in [3.8, 4) is 0 Å². The van der Waals surface area contributed by atoms with E-state index in [1.165, 1.54) is 193 Å². The maximum Gasteiger partial charge on any atom is 0.268 e. The van der Waals surface area contributed by atoms with Crippen molar-refractivity contribution in [2.24, 2.45) is 0 Å². The third-order valence-corrected chi connectivity index (χ3v) is 14.2. The van der Waals surface area contributed by atoms with Crippen LogP contribution in [0.4, 0.5) is 0 Å². The summed E-state index contributed by atoms with van der Waals surface area (Å²) in [5, 5.41) is 13.8. The molecule has 0 saturated carbocycles. The van der Waals surface area contributed by atoms with Crippen molar-refractivity contribution < 1.29 is 32.9 Å². The quantitative estimate of drug-likeness (QED) is 0.0272. The summed E-state index contributed by atoms with van der Waals surface area (Å²) < 4.78 is 23.3. The van der Waals surface area contributed by atoms with Gasteiger partial charge in [-0.1, -0.05) is 255 Å². The van der Waals surface area contributed by atoms with Crippen LogP contribution in [0, 0.1) is 0 Å². The SMILES string of the molecule is CCCCCC/C=C\C/C=C\CCCCCCCC(=O)NC(COP(=O)([O-])OCC[N+](C)(C)C)C(O)/C=C/CC/C=C/CCCCCCCCCCCCCCCCCCCCCCCCCCC. The summed E-state index contributed by atoms with van der Waals surface area (Å²) in [6.07, 6.45) is 67.8. The van der Waals surface area contributed by atoms with Gasteiger partial charge in [0.1, 0.15) is 13.2 Å². The molecule has 1 amide bonds. The first kappa shape index (κ1) is 67.5. The third-order valence-electron chi connectivity index (χ3n) is 13.3. The number of carbonyl (C=O) groups is 1. The summed E-state index contributed by atoms with van der Waals surface area (Å²) in [5.74, 6) is -0.220. The van der Waals surface area contributed by atoms with E-state index in [9.17, 15) is 19.4 Å². The third kappa shape index (κ3) is 54.1. The smallest absolute Gasteiger partial charge is 0.268 e. The summed E-state index contributed by atoms with van der Waals surface area (Å²) in [4.78, 5) is 25.4. The van der Waals surface area contributed by atoms with Crippen LogP contribution in [0.25, 0.3) is 0 Å². The van der Waals surface area contributed by atoms with Crippen molar-refractivity contribution in [3.05, 3.63) is 48.6 Å². The second-order valence-electron chi connectivity index (χ2n) is 21.3. The molecule has 0 saturated heterocycles. The van der Waals surface area contributed by atoms with E-state index in [1.807, 2.05) is 27.2 Å². The number of nitrogens with one attached hydrogen (secondary N) is 1. The number of allylic oxidation sites excluding steroid dienone is 7. The van der Waals surface area contributed by atoms with Crippen molar-refractivity contribution in [2.45, 2.75) is 289 Å². The topological polar surface area (TPSA) is 108 Å². The van der Waals surface area contributed by atoms with Crippen LogP contribution < -0.4 is 10.2 Å². The number of aliphatic hydroxyl groups excluding tert-OH is 1. The molecule has 0 radical (unpaired) electrons. The van der Waals surface area contributed by atoms with E-state index in [1.54, 1.807) is 6.08 Å². The van der Waals surface area contributed by atoms with Gasteiger partial charge in [0.25, 0.3) is 7.82 Å². The Bertz CT molecular complexity index is 1260. The Labute approximate surface area is 429 Å². The highest BCUT2D eigenvalue weighted by Crippen LogP contribution is 2.38. The molecular formula is C60H115N2O6P. The van der Waals surface area contributed by atoms with Crippen LogP contribution >= 0.6 is 7.82 Å². The standard InChI is InChI=1S/C60H115N2O6P/c1-6-8-10-12-14-16-18-20-22-24-25-26-27-28-29-30-31-32-33-34-35-36-37-38-39-41-43-45-47-49-51-53-59(63)58(57-68-69(65,66)67-56-55-62(3,4)5)61-60(64)54-52-50-48-46-44-42-40-23-21-19-17-15-13-11-9-7-2/h17,19,23,40,43,45,51,53,58-59,63H,6-16,18,20-22,24-39,41-42,44,46-50,52,54-57H2,1-5H3,(H-,61,64,65,66)/b19-17-,40-23-,45-43+,53-51+. The Morgan fingerprint density at radius 1 is 0.507 bits per heavy atom. The molecule has 0 aromatic carbocycles. The van der Waals surface area contributed by atoms with E-state index in [4.69, 9.17) is 9.05 Å².